The average molecular weight is 501 g/mol. The highest BCUT2D eigenvalue weighted by Gasteiger charge is 2.41. The number of carbonyl (C=O) groups is 2. The molecule has 8 heteroatoms. The maximum atomic E-state index is 13.4. The predicted molar refractivity (Wildman–Crippen MR) is 137 cm³/mol. The van der Waals surface area contributed by atoms with Crippen LogP contribution in [0, 0.1) is 5.41 Å². The van der Waals surface area contributed by atoms with Gasteiger partial charge in [0.1, 0.15) is 11.4 Å². The zero-order valence-corrected chi connectivity index (χ0v) is 21.9. The van der Waals surface area contributed by atoms with Crippen LogP contribution in [0.2, 0.25) is 5.02 Å². The molecule has 4 rings (SSSR count). The van der Waals surface area contributed by atoms with Gasteiger partial charge >= 0.3 is 0 Å². The number of aromatic amines is 1. The Kier molecular flexibility index (Phi) is 7.74. The number of halogens is 1. The van der Waals surface area contributed by atoms with Crippen LogP contribution in [-0.2, 0) is 10.2 Å². The van der Waals surface area contributed by atoms with Crippen molar-refractivity contribution in [2.45, 2.75) is 64.7 Å². The van der Waals surface area contributed by atoms with E-state index in [9.17, 15) is 9.59 Å². The van der Waals surface area contributed by atoms with E-state index >= 15 is 0 Å². The van der Waals surface area contributed by atoms with Crippen molar-refractivity contribution in [3.05, 3.63) is 46.7 Å². The maximum Gasteiger partial charge on any atom is 0.274 e. The number of nitrogens with zero attached hydrogens (tertiary/aromatic N) is 3. The van der Waals surface area contributed by atoms with Gasteiger partial charge in [-0.3, -0.25) is 14.7 Å². The summed E-state index contributed by atoms with van der Waals surface area (Å²) in [4.78, 5) is 30.6. The van der Waals surface area contributed by atoms with E-state index in [1.807, 2.05) is 28.0 Å². The van der Waals surface area contributed by atoms with Crippen molar-refractivity contribution in [2.75, 3.05) is 32.8 Å². The Labute approximate surface area is 213 Å². The zero-order chi connectivity index (χ0) is 25.1. The Morgan fingerprint density at radius 2 is 1.83 bits per heavy atom. The fraction of sp³-hybridized carbons (Fsp3) is 0.593. The van der Waals surface area contributed by atoms with Crippen LogP contribution >= 0.6 is 11.6 Å². The number of amides is 2. The van der Waals surface area contributed by atoms with Gasteiger partial charge < -0.3 is 14.5 Å². The molecular formula is C27H37ClN4O3. The zero-order valence-electron chi connectivity index (χ0n) is 21.1. The second-order valence-corrected chi connectivity index (χ2v) is 11.5. The number of aromatic nitrogens is 2. The van der Waals surface area contributed by atoms with Crippen LogP contribution in [0.1, 0.15) is 75.5 Å². The molecule has 0 saturated carbocycles. The minimum atomic E-state index is -0.464. The molecule has 2 saturated heterocycles. The molecule has 1 aromatic heterocycles. The predicted octanol–water partition coefficient (Wildman–Crippen LogP) is 5.06. The summed E-state index contributed by atoms with van der Waals surface area (Å²) in [6, 6.07) is 9.16. The molecule has 35 heavy (non-hydrogen) atoms. The second kappa shape index (κ2) is 10.6. The lowest BCUT2D eigenvalue weighted by Crippen LogP contribution is -2.51. The fourth-order valence-electron chi connectivity index (χ4n) is 5.04. The van der Waals surface area contributed by atoms with Crippen LogP contribution in [0.3, 0.4) is 0 Å². The molecule has 7 nitrogen and oxygen atoms in total. The minimum Gasteiger partial charge on any atom is -0.493 e. The van der Waals surface area contributed by atoms with Gasteiger partial charge in [0, 0.05) is 54.1 Å². The monoisotopic (exact) mass is 500 g/mol. The SMILES string of the molecule is CC(C)(C)c1cc(C(=O)N2CCC[C@](COc3cccc(Cl)c3)(CC(=O)N3CCCCC3)C2)n[nH]1. The number of carbonyl (C=O) groups excluding carboxylic acids is 2. The molecule has 2 aromatic rings. The van der Waals surface area contributed by atoms with E-state index in [1.165, 1.54) is 6.42 Å². The lowest BCUT2D eigenvalue weighted by atomic mass is 9.77. The first kappa shape index (κ1) is 25.5. The Balaban J connectivity index is 1.53. The van der Waals surface area contributed by atoms with Crippen molar-refractivity contribution in [1.82, 2.24) is 20.0 Å². The third-order valence-corrected chi connectivity index (χ3v) is 7.36. The topological polar surface area (TPSA) is 78.5 Å². The number of hydrogen-bond acceptors (Lipinski definition) is 4. The highest BCUT2D eigenvalue weighted by atomic mass is 35.5. The molecule has 0 radical (unpaired) electrons. The molecule has 1 aromatic carbocycles. The van der Waals surface area contributed by atoms with Gasteiger partial charge in [0.2, 0.25) is 5.91 Å². The standard InChI is InChI=1S/C27H37ClN4O3/c1-26(2,3)23-16-22(29-30-23)25(34)32-14-8-11-27(18-32,17-24(33)31-12-5-4-6-13-31)19-35-21-10-7-9-20(28)15-21/h7,9-10,15-16H,4-6,8,11-14,17-19H2,1-3H3,(H,29,30)/t27-/m0/s1. The van der Waals surface area contributed by atoms with Gasteiger partial charge in [-0.2, -0.15) is 5.10 Å². The third kappa shape index (κ3) is 6.37. The Hall–Kier alpha value is -2.54. The Morgan fingerprint density at radius 1 is 1.09 bits per heavy atom. The molecule has 0 spiro atoms. The highest BCUT2D eigenvalue weighted by molar-refractivity contribution is 6.30. The van der Waals surface area contributed by atoms with Crippen molar-refractivity contribution in [2.24, 2.45) is 5.41 Å². The molecule has 3 heterocycles. The van der Waals surface area contributed by atoms with Gasteiger partial charge in [-0.25, -0.2) is 0 Å². The molecule has 1 atom stereocenters. The number of H-pyrrole nitrogens is 1. The molecule has 1 N–H and O–H groups in total. The molecule has 2 aliphatic heterocycles. The summed E-state index contributed by atoms with van der Waals surface area (Å²) >= 11 is 6.15. The van der Waals surface area contributed by atoms with E-state index in [0.29, 0.717) is 42.6 Å². The molecule has 0 bridgehead atoms. The highest BCUT2D eigenvalue weighted by Crippen LogP contribution is 2.36. The van der Waals surface area contributed by atoms with Crippen LogP contribution in [0.4, 0.5) is 0 Å². The first-order chi connectivity index (χ1) is 16.7. The number of piperidine rings is 2. The quantitative estimate of drug-likeness (QED) is 0.601. The lowest BCUT2D eigenvalue weighted by Gasteiger charge is -2.43. The number of benzene rings is 1. The fourth-order valence-corrected chi connectivity index (χ4v) is 5.22. The summed E-state index contributed by atoms with van der Waals surface area (Å²) in [5, 5.41) is 7.93. The smallest absolute Gasteiger partial charge is 0.274 e. The average Bonchev–Trinajstić information content (AvgIpc) is 3.34. The van der Waals surface area contributed by atoms with Crippen molar-refractivity contribution in [3.8, 4) is 5.75 Å². The summed E-state index contributed by atoms with van der Waals surface area (Å²) in [7, 11) is 0. The summed E-state index contributed by atoms with van der Waals surface area (Å²) < 4.78 is 6.19. The Morgan fingerprint density at radius 3 is 2.51 bits per heavy atom. The third-order valence-electron chi connectivity index (χ3n) is 7.13. The van der Waals surface area contributed by atoms with Crippen LogP contribution < -0.4 is 4.74 Å². The first-order valence-corrected chi connectivity index (χ1v) is 13.0. The molecule has 2 aliphatic rings. The molecule has 0 aliphatic carbocycles. The summed E-state index contributed by atoms with van der Waals surface area (Å²) in [6.45, 7) is 9.34. The van der Waals surface area contributed by atoms with Crippen molar-refractivity contribution in [3.63, 3.8) is 0 Å². The summed E-state index contributed by atoms with van der Waals surface area (Å²) in [5.74, 6) is 0.727. The van der Waals surface area contributed by atoms with Crippen LogP contribution in [0.5, 0.6) is 5.75 Å². The van der Waals surface area contributed by atoms with Crippen molar-refractivity contribution < 1.29 is 14.3 Å². The maximum absolute atomic E-state index is 13.4. The van der Waals surface area contributed by atoms with E-state index in [4.69, 9.17) is 16.3 Å². The summed E-state index contributed by atoms with van der Waals surface area (Å²) in [6.07, 6.45) is 5.29. The van der Waals surface area contributed by atoms with Crippen LogP contribution in [0.25, 0.3) is 0 Å². The molecule has 2 fully saturated rings. The largest absolute Gasteiger partial charge is 0.493 e. The van der Waals surface area contributed by atoms with Crippen LogP contribution in [0.15, 0.2) is 30.3 Å². The summed E-state index contributed by atoms with van der Waals surface area (Å²) in [5.41, 5.74) is 0.758. The number of rotatable bonds is 6. The Bertz CT molecular complexity index is 1040. The second-order valence-electron chi connectivity index (χ2n) is 11.1. The lowest BCUT2D eigenvalue weighted by molar-refractivity contribution is -0.136. The molecule has 2 amide bonds. The first-order valence-electron chi connectivity index (χ1n) is 12.7. The van der Waals surface area contributed by atoms with Crippen LogP contribution in [-0.4, -0.2) is 64.6 Å². The van der Waals surface area contributed by atoms with E-state index in [-0.39, 0.29) is 17.2 Å². The van der Waals surface area contributed by atoms with Crippen molar-refractivity contribution in [1.29, 1.82) is 0 Å². The molecule has 0 unspecified atom stereocenters. The van der Waals surface area contributed by atoms with Gasteiger partial charge in [-0.15, -0.1) is 0 Å². The van der Waals surface area contributed by atoms with Gasteiger partial charge in [0.25, 0.3) is 5.91 Å². The van der Waals surface area contributed by atoms with Gasteiger partial charge in [0.15, 0.2) is 0 Å². The van der Waals surface area contributed by atoms with Gasteiger partial charge in [-0.1, -0.05) is 38.4 Å². The van der Waals surface area contributed by atoms with Gasteiger partial charge in [-0.05, 0) is 56.4 Å². The van der Waals surface area contributed by atoms with E-state index < -0.39 is 5.41 Å². The minimum absolute atomic E-state index is 0.103. The van der Waals surface area contributed by atoms with E-state index in [2.05, 4.69) is 31.0 Å². The number of hydrogen-bond donors (Lipinski definition) is 1. The molecular weight excluding hydrogens is 464 g/mol. The number of ether oxygens (including phenoxy) is 1. The normalized spacial score (nSPS) is 21.1. The number of likely N-dealkylation sites (tertiary alicyclic amines) is 2. The van der Waals surface area contributed by atoms with Crippen molar-refractivity contribution >= 4 is 23.4 Å². The van der Waals surface area contributed by atoms with Gasteiger partial charge in [0.05, 0.1) is 6.61 Å². The number of nitrogens with one attached hydrogen (secondary N) is 1. The van der Waals surface area contributed by atoms with E-state index in [1.54, 1.807) is 12.1 Å². The van der Waals surface area contributed by atoms with E-state index in [0.717, 1.165) is 44.5 Å². The molecule has 190 valence electrons.